The predicted octanol–water partition coefficient (Wildman–Crippen LogP) is 0.764. The Kier molecular flexibility index (Phi) is 7.21. The van der Waals surface area contributed by atoms with Crippen molar-refractivity contribution in [3.8, 4) is 0 Å². The van der Waals surface area contributed by atoms with Crippen LogP contribution in [0.1, 0.15) is 25.7 Å². The fraction of sp³-hybridized carbons (Fsp3) is 1.00. The van der Waals surface area contributed by atoms with E-state index in [1.165, 1.54) is 19.1 Å². The first kappa shape index (κ1) is 18.2. The Morgan fingerprint density at radius 3 is 2.20 bits per heavy atom. The van der Waals surface area contributed by atoms with Gasteiger partial charge in [-0.05, 0) is 51.7 Å². The highest BCUT2D eigenvalue weighted by Crippen LogP contribution is 2.20. The van der Waals surface area contributed by atoms with Gasteiger partial charge in [-0.1, -0.05) is 0 Å². The maximum atomic E-state index is 11.5. The summed E-state index contributed by atoms with van der Waals surface area (Å²) in [7, 11) is -0.798. The van der Waals surface area contributed by atoms with Crippen LogP contribution in [-0.4, -0.2) is 69.7 Å². The summed E-state index contributed by atoms with van der Waals surface area (Å²) in [5, 5.41) is 3.40. The van der Waals surface area contributed by atoms with E-state index in [1.807, 2.05) is 0 Å². The van der Waals surface area contributed by atoms with Gasteiger partial charge >= 0.3 is 0 Å². The second kappa shape index (κ2) is 7.94. The van der Waals surface area contributed by atoms with Gasteiger partial charge in [-0.15, -0.1) is 12.4 Å². The van der Waals surface area contributed by atoms with Crippen LogP contribution in [0.3, 0.4) is 0 Å². The third-order valence-electron chi connectivity index (χ3n) is 4.52. The molecular formula is C13H28ClN3O2S. The number of hydrogen-bond acceptors (Lipinski definition) is 4. The zero-order valence-electron chi connectivity index (χ0n) is 12.5. The molecule has 2 aliphatic rings. The van der Waals surface area contributed by atoms with E-state index in [4.69, 9.17) is 0 Å². The summed E-state index contributed by atoms with van der Waals surface area (Å²) in [6.45, 7) is 4.81. The Bertz CT molecular complexity index is 377. The Labute approximate surface area is 129 Å². The fourth-order valence-electron chi connectivity index (χ4n) is 3.24. The molecule has 0 unspecified atom stereocenters. The average Bonchev–Trinajstić information content (AvgIpc) is 2.39. The Balaban J connectivity index is 0.00000200. The molecule has 2 rings (SSSR count). The minimum absolute atomic E-state index is 0. The predicted molar refractivity (Wildman–Crippen MR) is 84.9 cm³/mol. The van der Waals surface area contributed by atoms with Crippen LogP contribution in [-0.2, 0) is 10.0 Å². The van der Waals surface area contributed by atoms with Gasteiger partial charge in [0.25, 0.3) is 0 Å². The van der Waals surface area contributed by atoms with E-state index in [1.54, 1.807) is 4.31 Å². The summed E-state index contributed by atoms with van der Waals surface area (Å²) >= 11 is 0. The second-order valence-electron chi connectivity index (χ2n) is 6.03. The molecule has 0 aromatic rings. The molecule has 0 aromatic heterocycles. The molecule has 0 aromatic carbocycles. The highest BCUT2D eigenvalue weighted by molar-refractivity contribution is 7.88. The van der Waals surface area contributed by atoms with Crippen molar-refractivity contribution in [2.24, 2.45) is 5.92 Å². The topological polar surface area (TPSA) is 52.6 Å². The highest BCUT2D eigenvalue weighted by atomic mass is 35.5. The molecule has 2 heterocycles. The van der Waals surface area contributed by atoms with Crippen LogP contribution in [0.25, 0.3) is 0 Å². The first-order valence-electron chi connectivity index (χ1n) is 7.33. The molecule has 2 fully saturated rings. The van der Waals surface area contributed by atoms with E-state index in [-0.39, 0.29) is 12.4 Å². The minimum atomic E-state index is -3.00. The molecule has 0 aliphatic carbocycles. The monoisotopic (exact) mass is 325 g/mol. The fourth-order valence-corrected chi connectivity index (χ4v) is 4.11. The van der Waals surface area contributed by atoms with Crippen molar-refractivity contribution < 1.29 is 8.42 Å². The van der Waals surface area contributed by atoms with E-state index < -0.39 is 10.0 Å². The lowest BCUT2D eigenvalue weighted by molar-refractivity contribution is 0.139. The maximum Gasteiger partial charge on any atom is 0.211 e. The van der Waals surface area contributed by atoms with Crippen LogP contribution >= 0.6 is 12.4 Å². The molecule has 0 radical (unpaired) electrons. The number of nitrogens with one attached hydrogen (secondary N) is 1. The Morgan fingerprint density at radius 2 is 1.70 bits per heavy atom. The first-order valence-corrected chi connectivity index (χ1v) is 9.17. The van der Waals surface area contributed by atoms with Gasteiger partial charge in [0.2, 0.25) is 10.0 Å². The molecule has 2 aliphatic heterocycles. The van der Waals surface area contributed by atoms with Gasteiger partial charge in [0, 0.05) is 25.7 Å². The summed E-state index contributed by atoms with van der Waals surface area (Å²) in [5.41, 5.74) is 0. The number of sulfonamides is 1. The van der Waals surface area contributed by atoms with E-state index in [2.05, 4.69) is 17.3 Å². The number of halogens is 1. The number of hydrogen-bond donors (Lipinski definition) is 1. The van der Waals surface area contributed by atoms with Crippen LogP contribution in [0.4, 0.5) is 0 Å². The lowest BCUT2D eigenvalue weighted by atomic mass is 9.96. The zero-order chi connectivity index (χ0) is 13.9. The molecule has 0 amide bonds. The quantitative estimate of drug-likeness (QED) is 0.829. The van der Waals surface area contributed by atoms with E-state index in [0.717, 1.165) is 38.4 Å². The SMILES string of the molecule is CN(CC1CCNCC1)C1CCN(S(C)(=O)=O)CC1.Cl. The summed E-state index contributed by atoms with van der Waals surface area (Å²) in [4.78, 5) is 2.45. The van der Waals surface area contributed by atoms with Crippen LogP contribution in [0.2, 0.25) is 0 Å². The van der Waals surface area contributed by atoms with Gasteiger partial charge in [0.1, 0.15) is 0 Å². The van der Waals surface area contributed by atoms with Crippen molar-refractivity contribution in [1.29, 1.82) is 0 Å². The normalized spacial score (nSPS) is 23.8. The summed E-state index contributed by atoms with van der Waals surface area (Å²) < 4.78 is 24.6. The third kappa shape index (κ3) is 5.15. The van der Waals surface area contributed by atoms with E-state index in [0.29, 0.717) is 19.1 Å². The molecular weight excluding hydrogens is 298 g/mol. The van der Waals surface area contributed by atoms with Crippen LogP contribution < -0.4 is 5.32 Å². The van der Waals surface area contributed by atoms with Crippen molar-refractivity contribution in [3.05, 3.63) is 0 Å². The third-order valence-corrected chi connectivity index (χ3v) is 5.82. The van der Waals surface area contributed by atoms with Crippen LogP contribution in [0.15, 0.2) is 0 Å². The molecule has 20 heavy (non-hydrogen) atoms. The highest BCUT2D eigenvalue weighted by Gasteiger charge is 2.28. The maximum absolute atomic E-state index is 11.5. The van der Waals surface area contributed by atoms with E-state index >= 15 is 0 Å². The molecule has 0 saturated carbocycles. The van der Waals surface area contributed by atoms with Gasteiger partial charge < -0.3 is 10.2 Å². The lowest BCUT2D eigenvalue weighted by Gasteiger charge is -2.37. The molecule has 5 nitrogen and oxygen atoms in total. The number of rotatable bonds is 4. The molecule has 2 saturated heterocycles. The van der Waals surface area contributed by atoms with Gasteiger partial charge in [-0.3, -0.25) is 0 Å². The van der Waals surface area contributed by atoms with E-state index in [9.17, 15) is 8.42 Å². The van der Waals surface area contributed by atoms with Crippen molar-refractivity contribution in [1.82, 2.24) is 14.5 Å². The van der Waals surface area contributed by atoms with Crippen molar-refractivity contribution >= 4 is 22.4 Å². The summed E-state index contributed by atoms with van der Waals surface area (Å²) in [5.74, 6) is 0.805. The second-order valence-corrected chi connectivity index (χ2v) is 8.01. The molecule has 0 spiro atoms. The summed E-state index contributed by atoms with van der Waals surface area (Å²) in [6, 6.07) is 0.549. The number of piperidine rings is 2. The standard InChI is InChI=1S/C13H27N3O2S.ClH/c1-15(11-12-3-7-14-8-4-12)13-5-9-16(10-6-13)19(2,17)18;/h12-14H,3-11H2,1-2H3;1H. The van der Waals surface area contributed by atoms with Crippen molar-refractivity contribution in [2.45, 2.75) is 31.7 Å². The van der Waals surface area contributed by atoms with Gasteiger partial charge in [0.05, 0.1) is 6.26 Å². The average molecular weight is 326 g/mol. The Morgan fingerprint density at radius 1 is 1.15 bits per heavy atom. The van der Waals surface area contributed by atoms with Gasteiger partial charge in [-0.2, -0.15) is 0 Å². The van der Waals surface area contributed by atoms with Crippen LogP contribution in [0, 0.1) is 5.92 Å². The minimum Gasteiger partial charge on any atom is -0.317 e. The molecule has 7 heteroatoms. The zero-order valence-corrected chi connectivity index (χ0v) is 14.2. The first-order chi connectivity index (χ1) is 8.97. The number of nitrogens with zero attached hydrogens (tertiary/aromatic N) is 2. The Hall–Kier alpha value is 0.120. The smallest absolute Gasteiger partial charge is 0.211 e. The molecule has 1 N–H and O–H groups in total. The molecule has 0 bridgehead atoms. The van der Waals surface area contributed by atoms with Crippen molar-refractivity contribution in [2.75, 3.05) is 46.0 Å². The molecule has 0 atom stereocenters. The van der Waals surface area contributed by atoms with Gasteiger partial charge in [-0.25, -0.2) is 12.7 Å². The lowest BCUT2D eigenvalue weighted by Crippen LogP contribution is -2.47. The van der Waals surface area contributed by atoms with Crippen molar-refractivity contribution in [3.63, 3.8) is 0 Å². The van der Waals surface area contributed by atoms with Gasteiger partial charge in [0.15, 0.2) is 0 Å². The molecule has 120 valence electrons. The largest absolute Gasteiger partial charge is 0.317 e. The summed E-state index contributed by atoms with van der Waals surface area (Å²) in [6.07, 6.45) is 5.79. The van der Waals surface area contributed by atoms with Crippen LogP contribution in [0.5, 0.6) is 0 Å².